The van der Waals surface area contributed by atoms with Crippen molar-refractivity contribution in [2.24, 2.45) is 0 Å². The van der Waals surface area contributed by atoms with Crippen LogP contribution in [-0.4, -0.2) is 21.3 Å². The highest BCUT2D eigenvalue weighted by atomic mass is 16.4. The van der Waals surface area contributed by atoms with Crippen LogP contribution in [0.1, 0.15) is 11.3 Å². The first-order valence-corrected chi connectivity index (χ1v) is 3.36. The summed E-state index contributed by atoms with van der Waals surface area (Å²) in [5.41, 5.74) is 0.546. The zero-order valence-electron chi connectivity index (χ0n) is 6.50. The van der Waals surface area contributed by atoms with Crippen molar-refractivity contribution in [3.8, 4) is 0 Å². The molecule has 1 aromatic heterocycles. The first-order valence-electron chi connectivity index (χ1n) is 3.36. The van der Waals surface area contributed by atoms with Gasteiger partial charge in [-0.25, -0.2) is 5.10 Å². The predicted octanol–water partition coefficient (Wildman–Crippen LogP) is -0.295. The molecular weight excluding hydrogens is 160 g/mol. The van der Waals surface area contributed by atoms with E-state index < -0.39 is 5.97 Å². The minimum Gasteiger partial charge on any atom is -0.481 e. The molecule has 0 aliphatic heterocycles. The molecule has 5 heteroatoms. The van der Waals surface area contributed by atoms with Crippen molar-refractivity contribution < 1.29 is 9.90 Å². The van der Waals surface area contributed by atoms with Gasteiger partial charge in [-0.3, -0.25) is 9.59 Å². The number of aryl methyl sites for hydroxylation is 1. The molecule has 64 valence electrons. The third-order valence-corrected chi connectivity index (χ3v) is 1.37. The van der Waals surface area contributed by atoms with Crippen molar-refractivity contribution in [3.63, 3.8) is 0 Å². The normalized spacial score (nSPS) is 9.75. The van der Waals surface area contributed by atoms with Gasteiger partial charge in [-0.05, 0) is 13.0 Å². The zero-order valence-corrected chi connectivity index (χ0v) is 6.50. The van der Waals surface area contributed by atoms with Crippen LogP contribution in [0, 0.1) is 6.92 Å². The number of carboxylic acid groups (broad SMARTS) is 1. The number of carbonyl (C=O) groups is 1. The smallest absolute Gasteiger partial charge is 0.309 e. The van der Waals surface area contributed by atoms with Crippen molar-refractivity contribution in [3.05, 3.63) is 27.7 Å². The maximum absolute atomic E-state index is 10.8. The molecule has 2 N–H and O–H groups in total. The molecule has 0 saturated heterocycles. The van der Waals surface area contributed by atoms with Gasteiger partial charge in [0.2, 0.25) is 0 Å². The van der Waals surface area contributed by atoms with E-state index >= 15 is 0 Å². The van der Waals surface area contributed by atoms with Gasteiger partial charge < -0.3 is 5.11 Å². The van der Waals surface area contributed by atoms with Gasteiger partial charge in [0, 0.05) is 5.56 Å². The van der Waals surface area contributed by atoms with E-state index in [0.29, 0.717) is 11.3 Å². The van der Waals surface area contributed by atoms with Crippen LogP contribution < -0.4 is 5.56 Å². The summed E-state index contributed by atoms with van der Waals surface area (Å²) in [7, 11) is 0. The molecule has 0 unspecified atom stereocenters. The fraction of sp³-hybridized carbons (Fsp3) is 0.286. The van der Waals surface area contributed by atoms with E-state index in [1.807, 2.05) is 0 Å². The van der Waals surface area contributed by atoms with E-state index in [2.05, 4.69) is 10.2 Å². The van der Waals surface area contributed by atoms with Gasteiger partial charge in [0.25, 0.3) is 5.56 Å². The molecule has 0 atom stereocenters. The molecule has 1 aromatic rings. The number of aromatic nitrogens is 2. The third kappa shape index (κ3) is 1.91. The Morgan fingerprint density at radius 3 is 2.92 bits per heavy atom. The van der Waals surface area contributed by atoms with Crippen LogP contribution in [0.2, 0.25) is 0 Å². The lowest BCUT2D eigenvalue weighted by molar-refractivity contribution is -0.136. The van der Waals surface area contributed by atoms with E-state index in [4.69, 9.17) is 5.11 Å². The van der Waals surface area contributed by atoms with Gasteiger partial charge in [-0.15, -0.1) is 0 Å². The summed E-state index contributed by atoms with van der Waals surface area (Å²) >= 11 is 0. The predicted molar refractivity (Wildman–Crippen MR) is 40.9 cm³/mol. The number of aromatic amines is 1. The molecular formula is C7H8N2O3. The monoisotopic (exact) mass is 168 g/mol. The number of nitrogens with one attached hydrogen (secondary N) is 1. The molecule has 0 aliphatic rings. The Labute approximate surface area is 68.1 Å². The average molecular weight is 168 g/mol. The fourth-order valence-corrected chi connectivity index (χ4v) is 0.804. The lowest BCUT2D eigenvalue weighted by Gasteiger charge is -1.95. The van der Waals surface area contributed by atoms with Crippen LogP contribution in [0.15, 0.2) is 10.9 Å². The lowest BCUT2D eigenvalue weighted by atomic mass is 10.2. The van der Waals surface area contributed by atoms with Crippen molar-refractivity contribution in [2.75, 3.05) is 0 Å². The molecule has 0 spiro atoms. The van der Waals surface area contributed by atoms with Crippen LogP contribution in [0.25, 0.3) is 0 Å². The van der Waals surface area contributed by atoms with Crippen molar-refractivity contribution in [1.29, 1.82) is 0 Å². The third-order valence-electron chi connectivity index (χ3n) is 1.37. The minimum absolute atomic E-state index is 0.169. The standard InChI is InChI=1S/C7H8N2O3/c1-4-2-5(3-6(10)11)8-9-7(4)12/h2H,3H2,1H3,(H,9,12)(H,10,11). The van der Waals surface area contributed by atoms with Crippen molar-refractivity contribution in [2.45, 2.75) is 13.3 Å². The highest BCUT2D eigenvalue weighted by Crippen LogP contribution is 1.94. The molecule has 1 heterocycles. The number of hydrogen-bond acceptors (Lipinski definition) is 3. The van der Waals surface area contributed by atoms with E-state index in [1.165, 1.54) is 6.07 Å². The molecule has 0 aliphatic carbocycles. The topological polar surface area (TPSA) is 83.0 Å². The molecule has 0 aromatic carbocycles. The number of nitrogens with zero attached hydrogens (tertiary/aromatic N) is 1. The summed E-state index contributed by atoms with van der Waals surface area (Å²) in [6.45, 7) is 1.60. The summed E-state index contributed by atoms with van der Waals surface area (Å²) in [5.74, 6) is -0.964. The molecule has 1 rings (SSSR count). The van der Waals surface area contributed by atoms with E-state index in [-0.39, 0.29) is 12.0 Å². The number of aliphatic carboxylic acids is 1. The lowest BCUT2D eigenvalue weighted by Crippen LogP contribution is -2.14. The van der Waals surface area contributed by atoms with Gasteiger partial charge in [0.1, 0.15) is 0 Å². The molecule has 0 fully saturated rings. The van der Waals surface area contributed by atoms with Gasteiger partial charge in [-0.1, -0.05) is 0 Å². The number of carboxylic acids is 1. The van der Waals surface area contributed by atoms with Crippen LogP contribution in [0.3, 0.4) is 0 Å². The van der Waals surface area contributed by atoms with Crippen molar-refractivity contribution >= 4 is 5.97 Å². The molecule has 0 saturated carbocycles. The van der Waals surface area contributed by atoms with Gasteiger partial charge in [-0.2, -0.15) is 5.10 Å². The van der Waals surface area contributed by atoms with Crippen LogP contribution in [0.5, 0.6) is 0 Å². The first-order chi connectivity index (χ1) is 5.59. The summed E-state index contributed by atoms with van der Waals surface area (Å²) in [6.07, 6.45) is -0.169. The van der Waals surface area contributed by atoms with Gasteiger partial charge >= 0.3 is 5.97 Å². The summed E-state index contributed by atoms with van der Waals surface area (Å²) in [6, 6.07) is 1.47. The second kappa shape index (κ2) is 3.17. The largest absolute Gasteiger partial charge is 0.481 e. The van der Waals surface area contributed by atoms with Gasteiger partial charge in [0.15, 0.2) is 0 Å². The Morgan fingerprint density at radius 2 is 2.42 bits per heavy atom. The second-order valence-electron chi connectivity index (χ2n) is 2.44. The molecule has 0 bridgehead atoms. The Kier molecular flexibility index (Phi) is 2.23. The highest BCUT2D eigenvalue weighted by Gasteiger charge is 2.03. The highest BCUT2D eigenvalue weighted by molar-refractivity contribution is 5.69. The summed E-state index contributed by atoms with van der Waals surface area (Å²) < 4.78 is 0. The number of rotatable bonds is 2. The molecule has 0 radical (unpaired) electrons. The number of hydrogen-bond donors (Lipinski definition) is 2. The van der Waals surface area contributed by atoms with E-state index in [0.717, 1.165) is 0 Å². The van der Waals surface area contributed by atoms with E-state index in [9.17, 15) is 9.59 Å². The zero-order chi connectivity index (χ0) is 9.14. The second-order valence-corrected chi connectivity index (χ2v) is 2.44. The van der Waals surface area contributed by atoms with Crippen LogP contribution >= 0.6 is 0 Å². The molecule has 12 heavy (non-hydrogen) atoms. The first kappa shape index (κ1) is 8.45. The quantitative estimate of drug-likeness (QED) is 0.635. The maximum atomic E-state index is 10.8. The van der Waals surface area contributed by atoms with Crippen LogP contribution in [0.4, 0.5) is 0 Å². The Hall–Kier alpha value is -1.65. The van der Waals surface area contributed by atoms with Crippen LogP contribution in [-0.2, 0) is 11.2 Å². The summed E-state index contributed by atoms with van der Waals surface area (Å²) in [5, 5.41) is 14.2. The minimum atomic E-state index is -0.964. The Balaban J connectivity index is 2.97. The summed E-state index contributed by atoms with van der Waals surface area (Å²) in [4.78, 5) is 21.0. The van der Waals surface area contributed by atoms with E-state index in [1.54, 1.807) is 6.92 Å². The molecule has 0 amide bonds. The SMILES string of the molecule is Cc1cc(CC(=O)O)n[nH]c1=O. The van der Waals surface area contributed by atoms with Gasteiger partial charge in [0.05, 0.1) is 12.1 Å². The van der Waals surface area contributed by atoms with Crippen molar-refractivity contribution in [1.82, 2.24) is 10.2 Å². The average Bonchev–Trinajstić information content (AvgIpc) is 1.96. The Bertz CT molecular complexity index is 356. The fourth-order valence-electron chi connectivity index (χ4n) is 0.804. The number of H-pyrrole nitrogens is 1. The maximum Gasteiger partial charge on any atom is 0.309 e. The molecule has 5 nitrogen and oxygen atoms in total. The Morgan fingerprint density at radius 1 is 1.75 bits per heavy atom.